The van der Waals surface area contributed by atoms with Gasteiger partial charge in [0.05, 0.1) is 0 Å². The highest BCUT2D eigenvalue weighted by molar-refractivity contribution is 4.48. The molecule has 1 N–H and O–H groups in total. The average molecular weight is 131 g/mol. The first-order chi connectivity index (χ1) is 4.27. The van der Waals surface area contributed by atoms with E-state index in [0.717, 1.165) is 12.5 Å². The van der Waals surface area contributed by atoms with Crippen LogP contribution in [0.15, 0.2) is 0 Å². The predicted molar refractivity (Wildman–Crippen MR) is 44.7 cm³/mol. The second-order valence-electron chi connectivity index (χ2n) is 2.89. The molecule has 0 aromatic carbocycles. The van der Waals surface area contributed by atoms with Crippen LogP contribution in [0, 0.1) is 5.92 Å². The molecule has 0 heterocycles. The van der Waals surface area contributed by atoms with Crippen molar-refractivity contribution in [3.63, 3.8) is 0 Å². The van der Waals surface area contributed by atoms with E-state index in [0.29, 0.717) is 0 Å². The van der Waals surface area contributed by atoms with Crippen molar-refractivity contribution >= 4 is 0 Å². The molecule has 9 heavy (non-hydrogen) atoms. The van der Waals surface area contributed by atoms with Crippen molar-refractivity contribution in [2.45, 2.75) is 33.6 Å². The summed E-state index contributed by atoms with van der Waals surface area (Å²) in [5, 5.41) is 3.30. The van der Waals surface area contributed by atoms with Gasteiger partial charge in [-0.3, -0.25) is 0 Å². The lowest BCUT2D eigenvalue weighted by molar-refractivity contribution is 0.533. The van der Waals surface area contributed by atoms with Crippen molar-refractivity contribution in [3.05, 3.63) is 0 Å². The largest absolute Gasteiger partial charge is 0.317 e. The highest BCUT2D eigenvalue weighted by Crippen LogP contribution is 2.01. The molecule has 1 nitrogen and oxygen atoms in total. The second kappa shape index (κ2) is 6.09. The summed E-state index contributed by atoms with van der Waals surface area (Å²) in [6, 6.07) is 0. The van der Waals surface area contributed by atoms with Crippen molar-refractivity contribution in [2.75, 3.05) is 13.1 Å². The molecule has 0 fully saturated rings. The van der Waals surface area contributed by atoms with Gasteiger partial charge in [0.15, 0.2) is 0 Å². The van der Waals surface area contributed by atoms with Crippen molar-refractivity contribution in [1.29, 1.82) is 0 Å². The second-order valence-corrected chi connectivity index (χ2v) is 2.89. The summed E-state index contributed by atoms with van der Waals surface area (Å²) in [6.07, 6.45) is 2.68. The Morgan fingerprint density at radius 3 is 2.56 bits per heavy atom. The zero-order valence-electron chi connectivity index (χ0n) is 6.91. The van der Waals surface area contributed by atoms with E-state index in [1.54, 1.807) is 0 Å². The number of nitrogens with one attached hydrogen (secondary N) is 1. The Bertz CT molecular complexity index is 55.2. The van der Waals surface area contributed by atoms with E-state index in [1.165, 1.54) is 19.4 Å². The van der Waals surface area contributed by atoms with E-state index < -0.39 is 0 Å². The van der Waals surface area contributed by atoms with Gasteiger partial charge in [0.2, 0.25) is 0 Å². The normalized spacial score (nSPS) is 10.7. The average Bonchev–Trinajstić information content (AvgIpc) is 1.80. The Balaban J connectivity index is 0. The van der Waals surface area contributed by atoms with Crippen LogP contribution in [0.4, 0.5) is 0 Å². The molecule has 0 aromatic rings. The van der Waals surface area contributed by atoms with Crippen LogP contribution in [0.3, 0.4) is 0 Å². The SMILES string of the molecule is CCNCCCC(C)C.[HH]. The van der Waals surface area contributed by atoms with E-state index in [1.807, 2.05) is 0 Å². The molecule has 0 radical (unpaired) electrons. The smallest absolute Gasteiger partial charge is 0 e. The minimum Gasteiger partial charge on any atom is -0.317 e. The summed E-state index contributed by atoms with van der Waals surface area (Å²) in [6.45, 7) is 8.99. The highest BCUT2D eigenvalue weighted by atomic mass is 14.8. The van der Waals surface area contributed by atoms with Gasteiger partial charge in [0, 0.05) is 1.43 Å². The van der Waals surface area contributed by atoms with E-state index in [2.05, 4.69) is 26.1 Å². The standard InChI is InChI=1S/C8H19N.H2/c1-4-9-7-5-6-8(2)3;/h8-9H,4-7H2,1-3H3;1H. The van der Waals surface area contributed by atoms with Crippen molar-refractivity contribution in [3.8, 4) is 0 Å². The molecule has 0 aliphatic heterocycles. The fourth-order valence-electron chi connectivity index (χ4n) is 0.812. The van der Waals surface area contributed by atoms with Crippen LogP contribution < -0.4 is 5.32 Å². The molecule has 0 aliphatic rings. The van der Waals surface area contributed by atoms with E-state index in [9.17, 15) is 0 Å². The molecule has 0 saturated carbocycles. The van der Waals surface area contributed by atoms with Crippen molar-refractivity contribution in [2.24, 2.45) is 5.92 Å². The third kappa shape index (κ3) is 7.96. The predicted octanol–water partition coefficient (Wildman–Crippen LogP) is 2.28. The van der Waals surface area contributed by atoms with Crippen LogP contribution in [-0.2, 0) is 0 Å². The number of hydrogen-bond donors (Lipinski definition) is 1. The Labute approximate surface area is 60.3 Å². The van der Waals surface area contributed by atoms with Crippen LogP contribution in [0.2, 0.25) is 0 Å². The van der Waals surface area contributed by atoms with E-state index in [-0.39, 0.29) is 1.43 Å². The summed E-state index contributed by atoms with van der Waals surface area (Å²) in [5.74, 6) is 0.864. The summed E-state index contributed by atoms with van der Waals surface area (Å²) in [7, 11) is 0. The Hall–Kier alpha value is -0.0400. The van der Waals surface area contributed by atoms with Gasteiger partial charge in [-0.15, -0.1) is 0 Å². The summed E-state index contributed by atoms with van der Waals surface area (Å²) >= 11 is 0. The minimum absolute atomic E-state index is 0. The lowest BCUT2D eigenvalue weighted by Gasteiger charge is -2.03. The maximum Gasteiger partial charge on any atom is 0 e. The lowest BCUT2D eigenvalue weighted by atomic mass is 10.1. The number of hydrogen-bond acceptors (Lipinski definition) is 1. The van der Waals surface area contributed by atoms with E-state index in [4.69, 9.17) is 0 Å². The molecule has 0 atom stereocenters. The van der Waals surface area contributed by atoms with Gasteiger partial charge in [-0.25, -0.2) is 0 Å². The van der Waals surface area contributed by atoms with Crippen LogP contribution in [0.25, 0.3) is 0 Å². The molecule has 58 valence electrons. The molecule has 0 aromatic heterocycles. The summed E-state index contributed by atoms with van der Waals surface area (Å²) < 4.78 is 0. The lowest BCUT2D eigenvalue weighted by Crippen LogP contribution is -2.14. The molecular weight excluding hydrogens is 110 g/mol. The molecule has 0 aliphatic carbocycles. The third-order valence-electron chi connectivity index (χ3n) is 1.39. The minimum atomic E-state index is 0. The van der Waals surface area contributed by atoms with Crippen LogP contribution in [0.5, 0.6) is 0 Å². The first-order valence-corrected chi connectivity index (χ1v) is 3.98. The molecule has 0 rings (SSSR count). The van der Waals surface area contributed by atoms with Gasteiger partial charge in [-0.2, -0.15) is 0 Å². The molecule has 0 unspecified atom stereocenters. The Morgan fingerprint density at radius 1 is 1.44 bits per heavy atom. The van der Waals surface area contributed by atoms with Gasteiger partial charge in [0.1, 0.15) is 0 Å². The van der Waals surface area contributed by atoms with Crippen molar-refractivity contribution < 1.29 is 1.43 Å². The van der Waals surface area contributed by atoms with Gasteiger partial charge in [-0.1, -0.05) is 20.8 Å². The van der Waals surface area contributed by atoms with Gasteiger partial charge in [-0.05, 0) is 31.8 Å². The maximum absolute atomic E-state index is 3.30. The maximum atomic E-state index is 3.30. The highest BCUT2D eigenvalue weighted by Gasteiger charge is 1.91. The molecule has 0 amide bonds. The quantitative estimate of drug-likeness (QED) is 0.564. The summed E-state index contributed by atoms with van der Waals surface area (Å²) in [5.41, 5.74) is 0. The molecule has 1 heteroatoms. The van der Waals surface area contributed by atoms with Crippen LogP contribution in [0.1, 0.15) is 35.0 Å². The topological polar surface area (TPSA) is 12.0 Å². The zero-order valence-corrected chi connectivity index (χ0v) is 6.91. The third-order valence-corrected chi connectivity index (χ3v) is 1.39. The van der Waals surface area contributed by atoms with Gasteiger partial charge in [0.25, 0.3) is 0 Å². The van der Waals surface area contributed by atoms with E-state index >= 15 is 0 Å². The first-order valence-electron chi connectivity index (χ1n) is 3.98. The molecular formula is C8H21N. The Kier molecular flexibility index (Phi) is 6.06. The van der Waals surface area contributed by atoms with Gasteiger partial charge < -0.3 is 5.32 Å². The zero-order chi connectivity index (χ0) is 7.11. The van der Waals surface area contributed by atoms with Crippen LogP contribution in [-0.4, -0.2) is 13.1 Å². The Morgan fingerprint density at radius 2 is 2.11 bits per heavy atom. The van der Waals surface area contributed by atoms with Gasteiger partial charge >= 0.3 is 0 Å². The monoisotopic (exact) mass is 131 g/mol. The summed E-state index contributed by atoms with van der Waals surface area (Å²) in [4.78, 5) is 0. The molecule has 0 spiro atoms. The molecule has 0 bridgehead atoms. The van der Waals surface area contributed by atoms with Crippen LogP contribution >= 0.6 is 0 Å². The first kappa shape index (κ1) is 8.96. The fraction of sp³-hybridized carbons (Fsp3) is 1.00. The van der Waals surface area contributed by atoms with Crippen molar-refractivity contribution in [1.82, 2.24) is 5.32 Å². The molecule has 0 saturated heterocycles. The number of rotatable bonds is 5. The fourth-order valence-corrected chi connectivity index (χ4v) is 0.812.